The van der Waals surface area contributed by atoms with Gasteiger partial charge >= 0.3 is 0 Å². The maximum Gasteiger partial charge on any atom is 0.290 e. The Bertz CT molecular complexity index is 1260. The van der Waals surface area contributed by atoms with Gasteiger partial charge in [0.15, 0.2) is 22.9 Å². The molecule has 1 aromatic heterocycles. The van der Waals surface area contributed by atoms with Gasteiger partial charge in [-0.1, -0.05) is 61.2 Å². The second kappa shape index (κ2) is 9.32. The number of unbranched alkanes of at least 4 members (excludes halogenated alkanes) is 2. The predicted octanol–water partition coefficient (Wildman–Crippen LogP) is 6.17. The average Bonchev–Trinajstić information content (AvgIpc) is 3.32. The van der Waals surface area contributed by atoms with Gasteiger partial charge in [0.25, 0.3) is 5.91 Å². The summed E-state index contributed by atoms with van der Waals surface area (Å²) < 4.78 is 11.2. The van der Waals surface area contributed by atoms with Crippen molar-refractivity contribution in [1.29, 1.82) is 0 Å². The first-order valence-electron chi connectivity index (χ1n) is 11.0. The zero-order chi connectivity index (χ0) is 23.7. The van der Waals surface area contributed by atoms with E-state index in [0.717, 1.165) is 30.4 Å². The quantitative estimate of drug-likeness (QED) is 0.316. The van der Waals surface area contributed by atoms with Crippen LogP contribution < -0.4 is 4.74 Å². The van der Waals surface area contributed by atoms with Crippen molar-refractivity contribution >= 4 is 34.3 Å². The zero-order valence-corrected chi connectivity index (χ0v) is 19.6. The van der Waals surface area contributed by atoms with Crippen LogP contribution in [0.2, 0.25) is 5.02 Å². The fourth-order valence-corrected chi connectivity index (χ4v) is 4.53. The number of aliphatic hydroxyl groups excluding tert-OH is 1. The molecule has 0 aliphatic carbocycles. The van der Waals surface area contributed by atoms with E-state index in [9.17, 15) is 14.7 Å². The molecular weight excluding hydrogens is 442 g/mol. The number of aliphatic hydroxyl groups is 1. The van der Waals surface area contributed by atoms with Crippen LogP contribution in [0, 0.1) is 6.92 Å². The molecule has 1 N–H and O–H groups in total. The van der Waals surface area contributed by atoms with Gasteiger partial charge in [-0.05, 0) is 31.0 Å². The molecule has 1 atom stereocenters. The van der Waals surface area contributed by atoms with Gasteiger partial charge in [0, 0.05) is 23.0 Å². The van der Waals surface area contributed by atoms with E-state index in [1.165, 1.54) is 7.11 Å². The molecular formula is C26H26ClNO5. The van der Waals surface area contributed by atoms with Crippen molar-refractivity contribution in [2.24, 2.45) is 0 Å². The first kappa shape index (κ1) is 22.9. The normalized spacial score (nSPS) is 16.2. The molecule has 1 aliphatic heterocycles. The second-order valence-corrected chi connectivity index (χ2v) is 8.69. The van der Waals surface area contributed by atoms with Crippen LogP contribution in [0.1, 0.15) is 53.9 Å². The van der Waals surface area contributed by atoms with Gasteiger partial charge in [0.2, 0.25) is 5.78 Å². The third kappa shape index (κ3) is 4.23. The number of halogens is 1. The minimum Gasteiger partial charge on any atom is -0.503 e. The number of benzene rings is 2. The number of fused-ring (bicyclic) bond motifs is 1. The lowest BCUT2D eigenvalue weighted by molar-refractivity contribution is -0.129. The highest BCUT2D eigenvalue weighted by atomic mass is 35.5. The zero-order valence-electron chi connectivity index (χ0n) is 18.9. The van der Waals surface area contributed by atoms with E-state index in [0.29, 0.717) is 28.3 Å². The van der Waals surface area contributed by atoms with Gasteiger partial charge in [0.1, 0.15) is 0 Å². The smallest absolute Gasteiger partial charge is 0.290 e. The van der Waals surface area contributed by atoms with Crippen molar-refractivity contribution in [3.63, 3.8) is 0 Å². The Morgan fingerprint density at radius 2 is 2.00 bits per heavy atom. The SMILES string of the molecule is CCCCCN1C(=O)C(O)=C(C(=O)c2cc3cc(Cl)cc(OC)c3o2)C1c1cccc(C)c1. The summed E-state index contributed by atoms with van der Waals surface area (Å²) in [5.41, 5.74) is 2.16. The van der Waals surface area contributed by atoms with Crippen LogP contribution in [0.25, 0.3) is 11.0 Å². The predicted molar refractivity (Wildman–Crippen MR) is 127 cm³/mol. The minimum absolute atomic E-state index is 0.00739. The van der Waals surface area contributed by atoms with Crippen LogP contribution in [-0.2, 0) is 4.79 Å². The van der Waals surface area contributed by atoms with Crippen LogP contribution in [0.4, 0.5) is 0 Å². The van der Waals surface area contributed by atoms with Gasteiger partial charge in [-0.2, -0.15) is 0 Å². The van der Waals surface area contributed by atoms with Gasteiger partial charge < -0.3 is 19.2 Å². The van der Waals surface area contributed by atoms with E-state index in [2.05, 4.69) is 6.92 Å². The topological polar surface area (TPSA) is 80.0 Å². The molecule has 0 spiro atoms. The highest BCUT2D eigenvalue weighted by molar-refractivity contribution is 6.31. The summed E-state index contributed by atoms with van der Waals surface area (Å²) in [5.74, 6) is -1.22. The van der Waals surface area contributed by atoms with Crippen LogP contribution in [-0.4, -0.2) is 35.4 Å². The van der Waals surface area contributed by atoms with Crippen LogP contribution in [0.5, 0.6) is 5.75 Å². The number of amides is 1. The average molecular weight is 468 g/mol. The van der Waals surface area contributed by atoms with E-state index < -0.39 is 23.5 Å². The summed E-state index contributed by atoms with van der Waals surface area (Å²) in [4.78, 5) is 28.2. The molecule has 1 amide bonds. The van der Waals surface area contributed by atoms with Crippen LogP contribution >= 0.6 is 11.6 Å². The van der Waals surface area contributed by atoms with Crippen molar-refractivity contribution in [1.82, 2.24) is 4.90 Å². The molecule has 33 heavy (non-hydrogen) atoms. The molecule has 0 saturated carbocycles. The maximum atomic E-state index is 13.6. The largest absolute Gasteiger partial charge is 0.503 e. The second-order valence-electron chi connectivity index (χ2n) is 8.25. The molecule has 0 fully saturated rings. The Balaban J connectivity index is 1.80. The summed E-state index contributed by atoms with van der Waals surface area (Å²) in [6.07, 6.45) is 2.71. The molecule has 0 bridgehead atoms. The number of hydrogen-bond donors (Lipinski definition) is 1. The van der Waals surface area contributed by atoms with Gasteiger partial charge in [-0.15, -0.1) is 0 Å². The molecule has 0 radical (unpaired) electrons. The Morgan fingerprint density at radius 1 is 1.21 bits per heavy atom. The third-order valence-corrected chi connectivity index (χ3v) is 6.12. The number of aryl methyl sites for hydroxylation is 1. The van der Waals surface area contributed by atoms with E-state index in [1.54, 1.807) is 23.1 Å². The Kier molecular flexibility index (Phi) is 6.47. The Hall–Kier alpha value is -3.25. The number of Topliss-reactive ketones (excluding diaryl/α,β-unsaturated/α-hetero) is 1. The van der Waals surface area contributed by atoms with Crippen molar-refractivity contribution in [2.75, 3.05) is 13.7 Å². The van der Waals surface area contributed by atoms with Gasteiger partial charge in [-0.25, -0.2) is 0 Å². The third-order valence-electron chi connectivity index (χ3n) is 5.90. The van der Waals surface area contributed by atoms with Crippen molar-refractivity contribution < 1.29 is 23.8 Å². The number of hydrogen-bond acceptors (Lipinski definition) is 5. The number of methoxy groups -OCH3 is 1. The summed E-state index contributed by atoms with van der Waals surface area (Å²) in [6.45, 7) is 4.47. The number of ketones is 1. The summed E-state index contributed by atoms with van der Waals surface area (Å²) in [6, 6.07) is 11.8. The van der Waals surface area contributed by atoms with Crippen molar-refractivity contribution in [3.8, 4) is 5.75 Å². The highest BCUT2D eigenvalue weighted by Gasteiger charge is 2.44. The standard InChI is InChI=1S/C26H26ClNO5/c1-4-5-6-10-28-22(16-9-7-8-15(2)11-16)21(24(30)26(28)31)23(29)19-13-17-12-18(27)14-20(32-3)25(17)33-19/h7-9,11-14,22,30H,4-6,10H2,1-3H3. The van der Waals surface area contributed by atoms with Crippen molar-refractivity contribution in [3.05, 3.63) is 75.7 Å². The summed E-state index contributed by atoms with van der Waals surface area (Å²) in [5, 5.41) is 11.9. The van der Waals surface area contributed by atoms with E-state index in [4.69, 9.17) is 20.8 Å². The molecule has 4 rings (SSSR count). The molecule has 2 heterocycles. The van der Waals surface area contributed by atoms with E-state index >= 15 is 0 Å². The monoisotopic (exact) mass is 467 g/mol. The van der Waals surface area contributed by atoms with Gasteiger partial charge in [0.05, 0.1) is 18.7 Å². The molecule has 3 aromatic rings. The molecule has 6 nitrogen and oxygen atoms in total. The summed E-state index contributed by atoms with van der Waals surface area (Å²) in [7, 11) is 1.49. The van der Waals surface area contributed by atoms with Crippen LogP contribution in [0.15, 0.2) is 58.2 Å². The summed E-state index contributed by atoms with van der Waals surface area (Å²) >= 11 is 6.15. The molecule has 1 unspecified atom stereocenters. The molecule has 0 saturated heterocycles. The molecule has 2 aromatic carbocycles. The lowest BCUT2D eigenvalue weighted by atomic mass is 9.94. The number of furan rings is 1. The highest BCUT2D eigenvalue weighted by Crippen LogP contribution is 2.41. The van der Waals surface area contributed by atoms with Gasteiger partial charge in [-0.3, -0.25) is 9.59 Å². The first-order chi connectivity index (χ1) is 15.8. The van der Waals surface area contributed by atoms with E-state index in [1.807, 2.05) is 31.2 Å². The maximum absolute atomic E-state index is 13.6. The molecule has 1 aliphatic rings. The fourth-order valence-electron chi connectivity index (χ4n) is 4.32. The Labute approximate surface area is 197 Å². The number of ether oxygens (including phenoxy) is 1. The lowest BCUT2D eigenvalue weighted by Crippen LogP contribution is -2.32. The molecule has 172 valence electrons. The minimum atomic E-state index is -0.694. The van der Waals surface area contributed by atoms with E-state index in [-0.39, 0.29) is 11.3 Å². The number of carbonyl (C=O) groups is 2. The fraction of sp³-hybridized carbons (Fsp3) is 0.308. The molecule has 7 heteroatoms. The lowest BCUT2D eigenvalue weighted by Gasteiger charge is -2.27. The number of nitrogens with zero attached hydrogens (tertiary/aromatic N) is 1. The van der Waals surface area contributed by atoms with Crippen molar-refractivity contribution in [2.45, 2.75) is 39.2 Å². The number of carbonyl (C=O) groups excluding carboxylic acids is 2. The Morgan fingerprint density at radius 3 is 2.70 bits per heavy atom. The first-order valence-corrected chi connectivity index (χ1v) is 11.4. The number of rotatable bonds is 8. The van der Waals surface area contributed by atoms with Crippen LogP contribution in [0.3, 0.4) is 0 Å².